The molecule has 0 aromatic carbocycles. The Hall–Kier alpha value is -1.32. The maximum atomic E-state index is 11.9. The van der Waals surface area contributed by atoms with Crippen molar-refractivity contribution < 1.29 is 9.53 Å². The highest BCUT2D eigenvalue weighted by molar-refractivity contribution is 14.0. The van der Waals surface area contributed by atoms with Gasteiger partial charge in [-0.25, -0.2) is 4.99 Å². The number of nitrogens with zero attached hydrogens (tertiary/aromatic N) is 4. The molecule has 1 aromatic rings. The van der Waals surface area contributed by atoms with E-state index in [0.717, 1.165) is 36.0 Å². The molecular weight excluding hydrogens is 433 g/mol. The van der Waals surface area contributed by atoms with Crippen molar-refractivity contribution in [2.24, 2.45) is 23.9 Å². The van der Waals surface area contributed by atoms with Gasteiger partial charge in [0, 0.05) is 37.9 Å². The average molecular weight is 463 g/mol. The average Bonchev–Trinajstić information content (AvgIpc) is 3.04. The molecule has 2 rings (SSSR count). The third-order valence-electron chi connectivity index (χ3n) is 4.80. The van der Waals surface area contributed by atoms with Crippen LogP contribution in [0.2, 0.25) is 0 Å². The first-order chi connectivity index (χ1) is 11.4. The van der Waals surface area contributed by atoms with Crippen LogP contribution in [0.3, 0.4) is 0 Å². The number of carbonyl (C=O) groups is 1. The van der Waals surface area contributed by atoms with E-state index in [0.29, 0.717) is 13.1 Å². The zero-order valence-corrected chi connectivity index (χ0v) is 18.3. The Balaban J connectivity index is 0.00000312. The first-order valence-electron chi connectivity index (χ1n) is 8.49. The van der Waals surface area contributed by atoms with Crippen molar-refractivity contribution in [3.63, 3.8) is 0 Å². The third kappa shape index (κ3) is 4.86. The molecule has 2 heterocycles. The van der Waals surface area contributed by atoms with Crippen LogP contribution >= 0.6 is 24.0 Å². The number of esters is 1. The van der Waals surface area contributed by atoms with E-state index in [9.17, 15) is 4.79 Å². The number of ether oxygens (including phenoxy) is 1. The largest absolute Gasteiger partial charge is 0.469 e. The Morgan fingerprint density at radius 1 is 1.40 bits per heavy atom. The van der Waals surface area contributed by atoms with Crippen LogP contribution in [0.1, 0.15) is 30.8 Å². The number of aromatic nitrogens is 2. The first kappa shape index (κ1) is 21.7. The van der Waals surface area contributed by atoms with Gasteiger partial charge in [-0.1, -0.05) is 6.92 Å². The van der Waals surface area contributed by atoms with Gasteiger partial charge in [0.05, 0.1) is 25.3 Å². The number of hydrogen-bond donors (Lipinski definition) is 1. The van der Waals surface area contributed by atoms with Gasteiger partial charge in [0.15, 0.2) is 5.96 Å². The number of hydrogen-bond acceptors (Lipinski definition) is 4. The number of methoxy groups -OCH3 is 1. The summed E-state index contributed by atoms with van der Waals surface area (Å²) in [6, 6.07) is 0. The summed E-state index contributed by atoms with van der Waals surface area (Å²) in [5.41, 5.74) is 3.30. The monoisotopic (exact) mass is 463 g/mol. The van der Waals surface area contributed by atoms with Crippen LogP contribution in [-0.4, -0.2) is 53.4 Å². The molecule has 1 N–H and O–H groups in total. The van der Waals surface area contributed by atoms with Crippen LogP contribution < -0.4 is 5.32 Å². The molecule has 0 aliphatic carbocycles. The van der Waals surface area contributed by atoms with E-state index in [2.05, 4.69) is 29.2 Å². The topological polar surface area (TPSA) is 71.8 Å². The maximum Gasteiger partial charge on any atom is 0.310 e. The lowest BCUT2D eigenvalue weighted by molar-refractivity contribution is -0.145. The van der Waals surface area contributed by atoms with Crippen LogP contribution in [0.5, 0.6) is 0 Å². The fourth-order valence-corrected chi connectivity index (χ4v) is 3.22. The first-order valence-corrected chi connectivity index (χ1v) is 8.49. The van der Waals surface area contributed by atoms with Crippen molar-refractivity contribution in [3.8, 4) is 0 Å². The number of likely N-dealkylation sites (tertiary alicyclic amines) is 1. The summed E-state index contributed by atoms with van der Waals surface area (Å²) in [6.45, 7) is 11.0. The van der Waals surface area contributed by atoms with E-state index in [1.807, 2.05) is 25.6 Å². The number of halogens is 1. The van der Waals surface area contributed by atoms with Crippen molar-refractivity contribution >= 4 is 35.9 Å². The molecule has 1 fully saturated rings. The number of nitrogens with one attached hydrogen (secondary N) is 1. The Kier molecular flexibility index (Phi) is 8.17. The lowest BCUT2D eigenvalue weighted by atomic mass is 9.99. The minimum Gasteiger partial charge on any atom is -0.469 e. The lowest BCUT2D eigenvalue weighted by Gasteiger charge is -2.21. The molecule has 2 atom stereocenters. The molecule has 0 amide bonds. The normalized spacial score (nSPS) is 20.4. The Labute approximate surface area is 167 Å². The third-order valence-corrected chi connectivity index (χ3v) is 4.80. The minimum absolute atomic E-state index is 0. The molecule has 0 saturated carbocycles. The van der Waals surface area contributed by atoms with Gasteiger partial charge in [-0.05, 0) is 26.7 Å². The minimum atomic E-state index is -0.139. The molecule has 7 nitrogen and oxygen atoms in total. The van der Waals surface area contributed by atoms with Crippen LogP contribution in [0.4, 0.5) is 0 Å². The Morgan fingerprint density at radius 2 is 2.08 bits per heavy atom. The highest BCUT2D eigenvalue weighted by atomic mass is 127. The SMILES string of the molecule is CCNC(=NCc1c(C)nn(C)c1C)N1CC(C)C(C(=O)OC)C1.I. The molecule has 142 valence electrons. The van der Waals surface area contributed by atoms with Crippen molar-refractivity contribution in [2.75, 3.05) is 26.7 Å². The van der Waals surface area contributed by atoms with Crippen LogP contribution in [-0.2, 0) is 23.1 Å². The zero-order chi connectivity index (χ0) is 17.9. The van der Waals surface area contributed by atoms with E-state index in [4.69, 9.17) is 9.73 Å². The highest BCUT2D eigenvalue weighted by Crippen LogP contribution is 2.24. The molecule has 2 unspecified atom stereocenters. The van der Waals surface area contributed by atoms with Gasteiger partial charge in [0.25, 0.3) is 0 Å². The predicted molar refractivity (Wildman–Crippen MR) is 109 cm³/mol. The van der Waals surface area contributed by atoms with Gasteiger partial charge in [-0.3, -0.25) is 9.48 Å². The van der Waals surface area contributed by atoms with Gasteiger partial charge < -0.3 is 15.0 Å². The second-order valence-electron chi connectivity index (χ2n) is 6.46. The smallest absolute Gasteiger partial charge is 0.310 e. The Bertz CT molecular complexity index is 629. The van der Waals surface area contributed by atoms with Crippen molar-refractivity contribution in [3.05, 3.63) is 17.0 Å². The summed E-state index contributed by atoms with van der Waals surface area (Å²) in [5.74, 6) is 0.863. The van der Waals surface area contributed by atoms with Gasteiger partial charge in [0.2, 0.25) is 0 Å². The van der Waals surface area contributed by atoms with Crippen LogP contribution in [0.15, 0.2) is 4.99 Å². The number of carbonyl (C=O) groups excluding carboxylic acids is 1. The summed E-state index contributed by atoms with van der Waals surface area (Å²) in [6.07, 6.45) is 0. The quantitative estimate of drug-likeness (QED) is 0.320. The summed E-state index contributed by atoms with van der Waals surface area (Å²) in [5, 5.41) is 7.78. The molecule has 8 heteroatoms. The molecule has 0 bridgehead atoms. The zero-order valence-electron chi connectivity index (χ0n) is 16.0. The lowest BCUT2D eigenvalue weighted by Crippen LogP contribution is -2.40. The number of aliphatic imine (C=N–C) groups is 1. The van der Waals surface area contributed by atoms with E-state index in [1.165, 1.54) is 7.11 Å². The van der Waals surface area contributed by atoms with Crippen molar-refractivity contribution in [2.45, 2.75) is 34.2 Å². The van der Waals surface area contributed by atoms with E-state index in [-0.39, 0.29) is 41.8 Å². The fraction of sp³-hybridized carbons (Fsp3) is 0.706. The van der Waals surface area contributed by atoms with E-state index < -0.39 is 0 Å². The molecular formula is C17H30IN5O2. The maximum absolute atomic E-state index is 11.9. The van der Waals surface area contributed by atoms with Crippen LogP contribution in [0, 0.1) is 25.7 Å². The summed E-state index contributed by atoms with van der Waals surface area (Å²) < 4.78 is 6.81. The van der Waals surface area contributed by atoms with Crippen LogP contribution in [0.25, 0.3) is 0 Å². The predicted octanol–water partition coefficient (Wildman–Crippen LogP) is 1.86. The van der Waals surface area contributed by atoms with Gasteiger partial charge in [0.1, 0.15) is 0 Å². The van der Waals surface area contributed by atoms with Crippen molar-refractivity contribution in [1.82, 2.24) is 20.0 Å². The second-order valence-corrected chi connectivity index (χ2v) is 6.46. The summed E-state index contributed by atoms with van der Waals surface area (Å²) in [4.78, 5) is 18.8. The number of guanidine groups is 1. The van der Waals surface area contributed by atoms with E-state index >= 15 is 0 Å². The van der Waals surface area contributed by atoms with E-state index in [1.54, 1.807) is 0 Å². The summed E-state index contributed by atoms with van der Waals surface area (Å²) in [7, 11) is 3.40. The second kappa shape index (κ2) is 9.40. The molecule has 1 aromatic heterocycles. The molecule has 25 heavy (non-hydrogen) atoms. The molecule has 0 spiro atoms. The van der Waals surface area contributed by atoms with Gasteiger partial charge >= 0.3 is 5.97 Å². The molecule has 1 saturated heterocycles. The Morgan fingerprint density at radius 3 is 2.60 bits per heavy atom. The fourth-order valence-electron chi connectivity index (χ4n) is 3.22. The highest BCUT2D eigenvalue weighted by Gasteiger charge is 2.36. The number of rotatable bonds is 4. The molecule has 0 radical (unpaired) electrons. The van der Waals surface area contributed by atoms with Gasteiger partial charge in [-0.2, -0.15) is 5.10 Å². The number of aryl methyl sites for hydroxylation is 2. The molecule has 1 aliphatic heterocycles. The van der Waals surface area contributed by atoms with Crippen molar-refractivity contribution in [1.29, 1.82) is 0 Å². The standard InChI is InChI=1S/C17H29N5O2.HI/c1-7-18-17(19-8-14-12(3)20-21(5)13(14)4)22-9-11(2)15(10-22)16(23)24-6;/h11,15H,7-10H2,1-6H3,(H,18,19);1H. The summed E-state index contributed by atoms with van der Waals surface area (Å²) >= 11 is 0. The molecule has 1 aliphatic rings. The van der Waals surface area contributed by atoms with Gasteiger partial charge in [-0.15, -0.1) is 24.0 Å².